The van der Waals surface area contributed by atoms with Gasteiger partial charge in [0.1, 0.15) is 17.1 Å². The van der Waals surface area contributed by atoms with Crippen LogP contribution in [0.2, 0.25) is 0 Å². The fourth-order valence-corrected chi connectivity index (χ4v) is 2.43. The monoisotopic (exact) mass is 518 g/mol. The van der Waals surface area contributed by atoms with Crippen molar-refractivity contribution in [2.24, 2.45) is 0 Å². The van der Waals surface area contributed by atoms with Gasteiger partial charge < -0.3 is 15.0 Å². The van der Waals surface area contributed by atoms with Crippen LogP contribution in [-0.2, 0) is 14.3 Å². The van der Waals surface area contributed by atoms with E-state index in [1.165, 1.54) is 26.2 Å². The van der Waals surface area contributed by atoms with E-state index >= 15 is 0 Å². The first-order chi connectivity index (χ1) is 18.2. The minimum atomic E-state index is -0.630. The maximum Gasteiger partial charge on any atom is 0.413 e. The number of rotatable bonds is 7. The fourth-order valence-electron chi connectivity index (χ4n) is 2.43. The van der Waals surface area contributed by atoms with E-state index in [1.54, 1.807) is 44.2 Å². The van der Waals surface area contributed by atoms with E-state index in [4.69, 9.17) is 16.7 Å². The molecule has 0 aliphatic heterocycles. The van der Waals surface area contributed by atoms with Gasteiger partial charge in [-0.2, -0.15) is 9.89 Å². The lowest BCUT2D eigenvalue weighted by Gasteiger charge is -1.97. The Hall–Kier alpha value is -5.27. The second-order valence-corrected chi connectivity index (χ2v) is 7.00. The molecule has 0 atom stereocenters. The highest BCUT2D eigenvalue weighted by Gasteiger charge is 2.12. The number of terminal acetylenes is 1. The van der Waals surface area contributed by atoms with Gasteiger partial charge in [0.15, 0.2) is 11.6 Å². The minimum Gasteiger partial charge on any atom is -0.461 e. The molecule has 0 aromatic carbocycles. The molecule has 1 N–H and O–H groups in total. The third-order valence-electron chi connectivity index (χ3n) is 4.27. The Morgan fingerprint density at radius 1 is 0.974 bits per heavy atom. The molecule has 0 amide bonds. The zero-order valence-corrected chi connectivity index (χ0v) is 21.3. The van der Waals surface area contributed by atoms with Crippen LogP contribution < -0.4 is 0 Å². The quantitative estimate of drug-likeness (QED) is 0.123. The van der Waals surface area contributed by atoms with Gasteiger partial charge in [0, 0.05) is 29.6 Å². The van der Waals surface area contributed by atoms with E-state index in [0.717, 1.165) is 0 Å². The molecule has 196 valence electrons. The molecule has 0 saturated heterocycles. The minimum absolute atomic E-state index is 0.000992. The van der Waals surface area contributed by atoms with Crippen molar-refractivity contribution in [3.8, 4) is 23.7 Å². The molecule has 3 heterocycles. The van der Waals surface area contributed by atoms with Gasteiger partial charge in [-0.1, -0.05) is 5.92 Å². The summed E-state index contributed by atoms with van der Waals surface area (Å²) in [5.74, 6) is 1.24. The molecule has 0 aliphatic carbocycles. The summed E-state index contributed by atoms with van der Waals surface area (Å²) in [4.78, 5) is 53.9. The summed E-state index contributed by atoms with van der Waals surface area (Å²) in [7, 11) is 0. The number of esters is 2. The first kappa shape index (κ1) is 30.8. The molecule has 3 aromatic rings. The van der Waals surface area contributed by atoms with Gasteiger partial charge in [0.25, 0.3) is 0 Å². The summed E-state index contributed by atoms with van der Waals surface area (Å²) in [5.41, 5.74) is 10.8. The molecule has 0 unspecified atom stereocenters. The predicted octanol–water partition coefficient (Wildman–Crippen LogP) is 2.97. The number of ketones is 2. The van der Waals surface area contributed by atoms with Crippen molar-refractivity contribution in [1.29, 1.82) is 0 Å². The highest BCUT2D eigenvalue weighted by atomic mass is 16.5. The number of aromatic amines is 1. The van der Waals surface area contributed by atoms with Gasteiger partial charge >= 0.3 is 18.2 Å². The van der Waals surface area contributed by atoms with Crippen molar-refractivity contribution in [1.82, 2.24) is 20.2 Å². The number of nitrogens with one attached hydrogen (secondary N) is 1. The van der Waals surface area contributed by atoms with Crippen molar-refractivity contribution in [2.45, 2.75) is 27.7 Å². The average molecular weight is 519 g/mol. The standard InChI is InChI=1S/C13H13N3O3.C9H7NO.C4H6N2O2/c1-3-19-13(18)12-6-11(15-16-12)10-5-4-9(7-14-10)8(2)17;1-3-9-5-4-8(6-10-9)7(2)11;1-2-8-4(7)3-6-5/h4-7H,3H2,1-2H3,(H,15,16);1,4-6H,2H3;3H,2H2,1H3. The van der Waals surface area contributed by atoms with E-state index in [-0.39, 0.29) is 17.3 Å². The first-order valence-corrected chi connectivity index (χ1v) is 11.1. The van der Waals surface area contributed by atoms with E-state index in [1.807, 2.05) is 0 Å². The second-order valence-electron chi connectivity index (χ2n) is 7.00. The van der Waals surface area contributed by atoms with Gasteiger partial charge in [0.05, 0.1) is 18.9 Å². The summed E-state index contributed by atoms with van der Waals surface area (Å²) in [6.07, 6.45) is 8.74. The van der Waals surface area contributed by atoms with Crippen LogP contribution in [0, 0.1) is 12.3 Å². The molecule has 0 aliphatic rings. The molecule has 0 fully saturated rings. The lowest BCUT2D eigenvalue weighted by atomic mass is 10.2. The summed E-state index contributed by atoms with van der Waals surface area (Å²) in [6, 6.07) is 8.24. The molecule has 0 spiro atoms. The van der Waals surface area contributed by atoms with Gasteiger partial charge in [-0.3, -0.25) is 19.7 Å². The third kappa shape index (κ3) is 10.6. The first-order valence-electron chi connectivity index (χ1n) is 11.1. The van der Waals surface area contributed by atoms with Crippen molar-refractivity contribution in [3.05, 3.63) is 70.8 Å². The molecule has 0 bridgehead atoms. The number of aromatic nitrogens is 4. The predicted molar refractivity (Wildman–Crippen MR) is 136 cm³/mol. The molecule has 12 heteroatoms. The normalized spacial score (nSPS) is 9.13. The Bertz CT molecular complexity index is 1330. The van der Waals surface area contributed by atoms with Crippen LogP contribution in [0.3, 0.4) is 0 Å². The Balaban J connectivity index is 0.000000322. The lowest BCUT2D eigenvalue weighted by molar-refractivity contribution is -0.138. The highest BCUT2D eigenvalue weighted by Crippen LogP contribution is 2.16. The summed E-state index contributed by atoms with van der Waals surface area (Å²) in [5, 5.41) is 6.59. The van der Waals surface area contributed by atoms with E-state index in [0.29, 0.717) is 47.6 Å². The number of pyridine rings is 2. The van der Waals surface area contributed by atoms with Crippen LogP contribution in [0.1, 0.15) is 64.6 Å². The average Bonchev–Trinajstić information content (AvgIpc) is 3.41. The number of carbonyl (C=O) groups excluding carboxylic acids is 4. The third-order valence-corrected chi connectivity index (χ3v) is 4.27. The Morgan fingerprint density at radius 3 is 2.03 bits per heavy atom. The molecule has 3 aromatic heterocycles. The number of hydrogen-bond acceptors (Lipinski definition) is 9. The Morgan fingerprint density at radius 2 is 1.58 bits per heavy atom. The van der Waals surface area contributed by atoms with Crippen molar-refractivity contribution < 1.29 is 33.4 Å². The largest absolute Gasteiger partial charge is 0.461 e. The number of Topliss-reactive ketones (excluding diaryl/α,β-unsaturated/α-hetero) is 2. The number of H-pyrrole nitrogens is 1. The van der Waals surface area contributed by atoms with Gasteiger partial charge in [-0.25, -0.2) is 14.6 Å². The number of hydrogen-bond donors (Lipinski definition) is 1. The number of nitrogens with zero attached hydrogens (tertiary/aromatic N) is 5. The van der Waals surface area contributed by atoms with Crippen LogP contribution in [-0.4, -0.2) is 67.9 Å². The molecule has 3 rings (SSSR count). The summed E-state index contributed by atoms with van der Waals surface area (Å²) >= 11 is 0. The van der Waals surface area contributed by atoms with E-state index in [9.17, 15) is 19.2 Å². The molecule has 0 radical (unpaired) electrons. The van der Waals surface area contributed by atoms with E-state index in [2.05, 4.69) is 35.6 Å². The second kappa shape index (κ2) is 16.4. The number of ether oxygens (including phenoxy) is 2. The van der Waals surface area contributed by atoms with Gasteiger partial charge in [0.2, 0.25) is 0 Å². The van der Waals surface area contributed by atoms with Gasteiger partial charge in [-0.05, 0) is 52.0 Å². The Kier molecular flexibility index (Phi) is 13.3. The van der Waals surface area contributed by atoms with Crippen LogP contribution in [0.25, 0.3) is 16.9 Å². The van der Waals surface area contributed by atoms with E-state index < -0.39 is 11.9 Å². The zero-order valence-electron chi connectivity index (χ0n) is 21.3. The van der Waals surface area contributed by atoms with Crippen molar-refractivity contribution in [2.75, 3.05) is 13.2 Å². The van der Waals surface area contributed by atoms with Crippen LogP contribution in [0.15, 0.2) is 42.7 Å². The van der Waals surface area contributed by atoms with Crippen molar-refractivity contribution in [3.63, 3.8) is 0 Å². The Labute approximate surface area is 219 Å². The molecular formula is C26H26N6O6. The SMILES string of the molecule is C#Cc1ccc(C(C)=O)cn1.CCOC(=O)C=[N+]=[N-].CCOC(=O)c1cc(-c2ccc(C(C)=O)cn2)n[nH]1. The summed E-state index contributed by atoms with van der Waals surface area (Å²) in [6.45, 7) is 6.97. The number of carbonyl (C=O) groups is 4. The summed E-state index contributed by atoms with van der Waals surface area (Å²) < 4.78 is 9.19. The van der Waals surface area contributed by atoms with Crippen LogP contribution in [0.5, 0.6) is 0 Å². The molecule has 38 heavy (non-hydrogen) atoms. The maximum absolute atomic E-state index is 11.5. The zero-order chi connectivity index (χ0) is 28.5. The fraction of sp³-hybridized carbons (Fsp3) is 0.231. The topological polar surface area (TPSA) is 178 Å². The molecular weight excluding hydrogens is 492 g/mol. The van der Waals surface area contributed by atoms with Crippen LogP contribution >= 0.6 is 0 Å². The van der Waals surface area contributed by atoms with Gasteiger partial charge in [-0.15, -0.1) is 6.42 Å². The molecule has 0 saturated carbocycles. The lowest BCUT2D eigenvalue weighted by Crippen LogP contribution is -2.04. The maximum atomic E-state index is 11.5. The molecule has 12 nitrogen and oxygen atoms in total. The van der Waals surface area contributed by atoms with Crippen molar-refractivity contribution >= 4 is 29.7 Å². The highest BCUT2D eigenvalue weighted by molar-refractivity contribution is 6.20. The smallest absolute Gasteiger partial charge is 0.413 e. The van der Waals surface area contributed by atoms with Crippen LogP contribution in [0.4, 0.5) is 0 Å².